The van der Waals surface area contributed by atoms with Gasteiger partial charge in [-0.15, -0.1) is 0 Å². The van der Waals surface area contributed by atoms with E-state index in [0.717, 1.165) is 53.6 Å². The Morgan fingerprint density at radius 2 is 1.77 bits per heavy atom. The fraction of sp³-hybridized carbons (Fsp3) is 0.304. The summed E-state index contributed by atoms with van der Waals surface area (Å²) in [5, 5.41) is 8.97. The second-order valence-corrected chi connectivity index (χ2v) is 7.90. The minimum Gasteiger partial charge on any atom is -0.367 e. The first-order valence-corrected chi connectivity index (χ1v) is 10.2. The number of hydrogen-bond donors (Lipinski definition) is 1. The topological polar surface area (TPSA) is 42.2 Å². The van der Waals surface area contributed by atoms with Gasteiger partial charge in [-0.05, 0) is 55.0 Å². The van der Waals surface area contributed by atoms with Crippen molar-refractivity contribution in [1.82, 2.24) is 14.6 Å². The molecular weight excluding hydrogens is 389 g/mol. The molecule has 5 rings (SSSR count). The Hall–Kier alpha value is -3.09. The zero-order valence-corrected chi connectivity index (χ0v) is 16.2. The zero-order chi connectivity index (χ0) is 20.7. The van der Waals surface area contributed by atoms with Crippen LogP contribution in [0.3, 0.4) is 0 Å². The van der Waals surface area contributed by atoms with E-state index >= 15 is 0 Å². The van der Waals surface area contributed by atoms with Crippen LogP contribution in [0.4, 0.5) is 19.0 Å². The maximum atomic E-state index is 12.9. The van der Waals surface area contributed by atoms with Crippen LogP contribution in [0.5, 0.6) is 0 Å². The van der Waals surface area contributed by atoms with Crippen LogP contribution in [-0.2, 0) is 6.18 Å². The molecule has 4 nitrogen and oxygen atoms in total. The quantitative estimate of drug-likeness (QED) is 0.448. The van der Waals surface area contributed by atoms with Gasteiger partial charge in [0.2, 0.25) is 0 Å². The number of aromatic nitrogens is 3. The molecule has 2 atom stereocenters. The smallest absolute Gasteiger partial charge is 0.367 e. The molecule has 0 amide bonds. The standard InChI is InChI=1S/C23H21F3N4/c24-23(25,26)17-10-8-15(9-11-17)16-4-3-5-18(14-16)28-22-19-6-1-2-7-20(19)30-21(29-22)12-13-27-30/h1-2,6-13,16,18H,3-5,14H2,(H,28,29). The van der Waals surface area contributed by atoms with Crippen LogP contribution in [0.2, 0.25) is 0 Å². The van der Waals surface area contributed by atoms with Gasteiger partial charge in [-0.2, -0.15) is 18.3 Å². The fourth-order valence-electron chi connectivity index (χ4n) is 4.47. The van der Waals surface area contributed by atoms with Crippen molar-refractivity contribution in [1.29, 1.82) is 0 Å². The van der Waals surface area contributed by atoms with E-state index in [1.54, 1.807) is 18.3 Å². The van der Waals surface area contributed by atoms with Crippen LogP contribution in [-0.4, -0.2) is 20.6 Å². The maximum absolute atomic E-state index is 12.9. The highest BCUT2D eigenvalue weighted by Crippen LogP contribution is 2.37. The highest BCUT2D eigenvalue weighted by atomic mass is 19.4. The van der Waals surface area contributed by atoms with Crippen LogP contribution in [0.1, 0.15) is 42.7 Å². The first-order chi connectivity index (χ1) is 14.5. The molecule has 1 aliphatic carbocycles. The summed E-state index contributed by atoms with van der Waals surface area (Å²) in [5.74, 6) is 1.07. The van der Waals surface area contributed by atoms with Crippen molar-refractivity contribution < 1.29 is 13.2 Å². The molecule has 0 bridgehead atoms. The van der Waals surface area contributed by atoms with Gasteiger partial charge in [-0.1, -0.05) is 30.7 Å². The molecule has 0 saturated heterocycles. The third kappa shape index (κ3) is 3.49. The van der Waals surface area contributed by atoms with Gasteiger partial charge in [0, 0.05) is 17.5 Å². The predicted octanol–water partition coefficient (Wildman–Crippen LogP) is 6.04. The lowest BCUT2D eigenvalue weighted by molar-refractivity contribution is -0.137. The number of hydrogen-bond acceptors (Lipinski definition) is 3. The number of para-hydroxylation sites is 1. The molecule has 2 aromatic carbocycles. The molecule has 2 aromatic heterocycles. The second-order valence-electron chi connectivity index (χ2n) is 7.90. The normalized spacial score (nSPS) is 20.0. The van der Waals surface area contributed by atoms with Crippen molar-refractivity contribution in [2.45, 2.75) is 43.8 Å². The molecule has 30 heavy (non-hydrogen) atoms. The number of anilines is 1. The monoisotopic (exact) mass is 410 g/mol. The van der Waals surface area contributed by atoms with Crippen molar-refractivity contribution in [3.63, 3.8) is 0 Å². The average molecular weight is 410 g/mol. The second kappa shape index (κ2) is 7.31. The molecule has 4 aromatic rings. The van der Waals surface area contributed by atoms with E-state index in [0.29, 0.717) is 0 Å². The lowest BCUT2D eigenvalue weighted by Crippen LogP contribution is -2.27. The van der Waals surface area contributed by atoms with Gasteiger partial charge in [0.1, 0.15) is 5.82 Å². The number of nitrogens with zero attached hydrogens (tertiary/aromatic N) is 3. The van der Waals surface area contributed by atoms with E-state index in [2.05, 4.69) is 10.4 Å². The highest BCUT2D eigenvalue weighted by Gasteiger charge is 2.31. The predicted molar refractivity (Wildman–Crippen MR) is 111 cm³/mol. The van der Waals surface area contributed by atoms with Crippen LogP contribution in [0.15, 0.2) is 60.8 Å². The minimum atomic E-state index is -4.30. The summed E-state index contributed by atoms with van der Waals surface area (Å²) in [7, 11) is 0. The largest absolute Gasteiger partial charge is 0.416 e. The van der Waals surface area contributed by atoms with Gasteiger partial charge in [-0.3, -0.25) is 0 Å². The number of benzene rings is 2. The van der Waals surface area contributed by atoms with E-state index in [1.165, 1.54) is 12.1 Å². The summed E-state index contributed by atoms with van der Waals surface area (Å²) < 4.78 is 40.4. The Labute approximate surface area is 171 Å². The Bertz CT molecular complexity index is 1180. The molecule has 0 radical (unpaired) electrons. The van der Waals surface area contributed by atoms with Crippen molar-refractivity contribution in [3.8, 4) is 0 Å². The number of nitrogens with one attached hydrogen (secondary N) is 1. The summed E-state index contributed by atoms with van der Waals surface area (Å²) in [6, 6.07) is 15.7. The Morgan fingerprint density at radius 1 is 0.967 bits per heavy atom. The summed E-state index contributed by atoms with van der Waals surface area (Å²) in [6.07, 6.45) is 1.33. The van der Waals surface area contributed by atoms with Crippen molar-refractivity contribution >= 4 is 22.4 Å². The van der Waals surface area contributed by atoms with Gasteiger partial charge < -0.3 is 5.32 Å². The summed E-state index contributed by atoms with van der Waals surface area (Å²) >= 11 is 0. The van der Waals surface area contributed by atoms with E-state index < -0.39 is 11.7 Å². The SMILES string of the molecule is FC(F)(F)c1ccc(C2CCCC(Nc3nc4ccnn4c4ccccc34)C2)cc1. The molecule has 1 fully saturated rings. The van der Waals surface area contributed by atoms with E-state index in [1.807, 2.05) is 34.8 Å². The number of alkyl halides is 3. The third-order valence-electron chi connectivity index (χ3n) is 5.96. The molecule has 1 saturated carbocycles. The summed E-state index contributed by atoms with van der Waals surface area (Å²) in [4.78, 5) is 4.76. The molecule has 7 heteroatoms. The molecule has 2 heterocycles. The lowest BCUT2D eigenvalue weighted by Gasteiger charge is -2.31. The van der Waals surface area contributed by atoms with Crippen molar-refractivity contribution in [3.05, 3.63) is 71.9 Å². The molecular formula is C23H21F3N4. The van der Waals surface area contributed by atoms with Crippen molar-refractivity contribution in [2.75, 3.05) is 5.32 Å². The van der Waals surface area contributed by atoms with Crippen LogP contribution < -0.4 is 5.32 Å². The van der Waals surface area contributed by atoms with Gasteiger partial charge in [0.05, 0.1) is 17.3 Å². The first-order valence-electron chi connectivity index (χ1n) is 10.2. The summed E-state index contributed by atoms with van der Waals surface area (Å²) in [5.41, 5.74) is 2.15. The zero-order valence-electron chi connectivity index (χ0n) is 16.2. The van der Waals surface area contributed by atoms with Crippen LogP contribution >= 0.6 is 0 Å². The molecule has 1 aliphatic rings. The number of rotatable bonds is 3. The first kappa shape index (κ1) is 18.9. The highest BCUT2D eigenvalue weighted by molar-refractivity contribution is 5.91. The van der Waals surface area contributed by atoms with E-state index in [9.17, 15) is 13.2 Å². The lowest BCUT2D eigenvalue weighted by atomic mass is 9.81. The molecule has 0 spiro atoms. The Kier molecular flexibility index (Phi) is 4.60. The van der Waals surface area contributed by atoms with Crippen LogP contribution in [0.25, 0.3) is 16.6 Å². The summed E-state index contributed by atoms with van der Waals surface area (Å²) in [6.45, 7) is 0. The Morgan fingerprint density at radius 3 is 2.57 bits per heavy atom. The number of halogens is 3. The average Bonchev–Trinajstić information content (AvgIpc) is 3.22. The van der Waals surface area contributed by atoms with E-state index in [-0.39, 0.29) is 12.0 Å². The van der Waals surface area contributed by atoms with Gasteiger partial charge >= 0.3 is 6.18 Å². The third-order valence-corrected chi connectivity index (χ3v) is 5.96. The van der Waals surface area contributed by atoms with Crippen LogP contribution in [0, 0.1) is 0 Å². The minimum absolute atomic E-state index is 0.215. The Balaban J connectivity index is 1.39. The fourth-order valence-corrected chi connectivity index (χ4v) is 4.47. The maximum Gasteiger partial charge on any atom is 0.416 e. The molecule has 1 N–H and O–H groups in total. The van der Waals surface area contributed by atoms with Gasteiger partial charge in [0.25, 0.3) is 0 Å². The molecule has 154 valence electrons. The van der Waals surface area contributed by atoms with E-state index in [4.69, 9.17) is 4.98 Å². The number of fused-ring (bicyclic) bond motifs is 3. The van der Waals surface area contributed by atoms with Crippen molar-refractivity contribution in [2.24, 2.45) is 0 Å². The van der Waals surface area contributed by atoms with Gasteiger partial charge in [-0.25, -0.2) is 9.50 Å². The molecule has 0 aliphatic heterocycles. The van der Waals surface area contributed by atoms with Gasteiger partial charge in [0.15, 0.2) is 5.65 Å². The molecule has 2 unspecified atom stereocenters.